The van der Waals surface area contributed by atoms with Crippen molar-refractivity contribution in [2.75, 3.05) is 33.9 Å². The summed E-state index contributed by atoms with van der Waals surface area (Å²) in [6, 6.07) is 6.55. The molecule has 0 radical (unpaired) electrons. The maximum absolute atomic E-state index is 12.7. The van der Waals surface area contributed by atoms with Gasteiger partial charge < -0.3 is 15.4 Å². The zero-order valence-corrected chi connectivity index (χ0v) is 11.6. The third-order valence-corrected chi connectivity index (χ3v) is 2.66. The van der Waals surface area contributed by atoms with E-state index < -0.39 is 0 Å². The number of guanidine groups is 1. The highest BCUT2D eigenvalue weighted by atomic mass is 19.1. The third-order valence-electron chi connectivity index (χ3n) is 2.66. The van der Waals surface area contributed by atoms with Crippen LogP contribution >= 0.6 is 0 Å². The Hall–Kier alpha value is -1.62. The van der Waals surface area contributed by atoms with Gasteiger partial charge in [-0.05, 0) is 30.5 Å². The summed E-state index contributed by atoms with van der Waals surface area (Å²) in [5.74, 6) is 0.575. The molecule has 0 aliphatic rings. The van der Waals surface area contributed by atoms with E-state index in [0.717, 1.165) is 44.1 Å². The van der Waals surface area contributed by atoms with Gasteiger partial charge in [0.15, 0.2) is 5.96 Å². The van der Waals surface area contributed by atoms with E-state index in [-0.39, 0.29) is 5.82 Å². The lowest BCUT2D eigenvalue weighted by molar-refractivity contribution is 0.195. The van der Waals surface area contributed by atoms with E-state index >= 15 is 0 Å². The number of nitrogens with one attached hydrogen (secondary N) is 2. The average Bonchev–Trinajstić information content (AvgIpc) is 2.43. The van der Waals surface area contributed by atoms with E-state index in [1.807, 2.05) is 0 Å². The van der Waals surface area contributed by atoms with Gasteiger partial charge in [-0.15, -0.1) is 0 Å². The maximum Gasteiger partial charge on any atom is 0.190 e. The van der Waals surface area contributed by atoms with Crippen molar-refractivity contribution in [1.29, 1.82) is 0 Å². The van der Waals surface area contributed by atoms with Crippen molar-refractivity contribution < 1.29 is 9.13 Å². The molecule has 1 rings (SSSR count). The number of hydrogen-bond acceptors (Lipinski definition) is 2. The van der Waals surface area contributed by atoms with Crippen molar-refractivity contribution in [2.24, 2.45) is 4.99 Å². The maximum atomic E-state index is 12.7. The molecule has 0 bridgehead atoms. The van der Waals surface area contributed by atoms with Crippen molar-refractivity contribution in [3.8, 4) is 0 Å². The van der Waals surface area contributed by atoms with Gasteiger partial charge in [-0.25, -0.2) is 4.39 Å². The Morgan fingerprint density at radius 3 is 2.53 bits per heavy atom. The summed E-state index contributed by atoms with van der Waals surface area (Å²) in [6.07, 6.45) is 1.77. The fourth-order valence-electron chi connectivity index (χ4n) is 1.62. The van der Waals surface area contributed by atoms with Crippen LogP contribution < -0.4 is 10.6 Å². The molecule has 1 aromatic carbocycles. The van der Waals surface area contributed by atoms with Gasteiger partial charge >= 0.3 is 0 Å². The van der Waals surface area contributed by atoms with Gasteiger partial charge in [-0.3, -0.25) is 4.99 Å². The van der Waals surface area contributed by atoms with Crippen LogP contribution in [0.2, 0.25) is 0 Å². The summed E-state index contributed by atoms with van der Waals surface area (Å²) in [5, 5.41) is 6.41. The molecule has 1 aromatic rings. The molecule has 0 aromatic heterocycles. The summed E-state index contributed by atoms with van der Waals surface area (Å²) in [7, 11) is 3.43. The Morgan fingerprint density at radius 2 is 1.89 bits per heavy atom. The standard InChI is InChI=1S/C14H22FN3O/c1-16-14(17-9-3-11-19-2)18-10-8-12-4-6-13(15)7-5-12/h4-7H,3,8-11H2,1-2H3,(H2,16,17,18). The van der Waals surface area contributed by atoms with Crippen molar-refractivity contribution in [2.45, 2.75) is 12.8 Å². The van der Waals surface area contributed by atoms with Crippen LogP contribution in [-0.2, 0) is 11.2 Å². The van der Waals surface area contributed by atoms with Crippen molar-refractivity contribution >= 4 is 5.96 Å². The number of nitrogens with zero attached hydrogens (tertiary/aromatic N) is 1. The predicted molar refractivity (Wildman–Crippen MR) is 76.0 cm³/mol. The lowest BCUT2D eigenvalue weighted by Gasteiger charge is -2.11. The van der Waals surface area contributed by atoms with Gasteiger partial charge in [0.25, 0.3) is 0 Å². The number of halogens is 1. The molecule has 0 fully saturated rings. The summed E-state index contributed by atoms with van der Waals surface area (Å²) in [4.78, 5) is 4.12. The molecular formula is C14H22FN3O. The topological polar surface area (TPSA) is 45.7 Å². The fourth-order valence-corrected chi connectivity index (χ4v) is 1.62. The average molecular weight is 267 g/mol. The quantitative estimate of drug-likeness (QED) is 0.448. The summed E-state index contributed by atoms with van der Waals surface area (Å²) >= 11 is 0. The number of rotatable bonds is 7. The minimum Gasteiger partial charge on any atom is -0.385 e. The first-order valence-electron chi connectivity index (χ1n) is 6.44. The predicted octanol–water partition coefficient (Wildman–Crippen LogP) is 1.57. The number of benzene rings is 1. The van der Waals surface area contributed by atoms with E-state index in [1.165, 1.54) is 12.1 Å². The number of ether oxygens (including phenoxy) is 1. The van der Waals surface area contributed by atoms with Crippen LogP contribution in [0.15, 0.2) is 29.3 Å². The smallest absolute Gasteiger partial charge is 0.190 e. The zero-order chi connectivity index (χ0) is 13.9. The Bertz CT molecular complexity index is 379. The zero-order valence-electron chi connectivity index (χ0n) is 11.6. The lowest BCUT2D eigenvalue weighted by atomic mass is 10.1. The Kier molecular flexibility index (Phi) is 7.58. The molecule has 0 heterocycles. The second kappa shape index (κ2) is 9.33. The van der Waals surface area contributed by atoms with Crippen LogP contribution in [0.3, 0.4) is 0 Å². The van der Waals surface area contributed by atoms with Gasteiger partial charge in [-0.1, -0.05) is 12.1 Å². The van der Waals surface area contributed by atoms with Gasteiger partial charge in [0.1, 0.15) is 5.82 Å². The molecule has 0 atom stereocenters. The third kappa shape index (κ3) is 6.76. The van der Waals surface area contributed by atoms with Crippen molar-refractivity contribution in [3.63, 3.8) is 0 Å². The molecule has 0 aliphatic heterocycles. The van der Waals surface area contributed by atoms with Crippen molar-refractivity contribution in [1.82, 2.24) is 10.6 Å². The fraction of sp³-hybridized carbons (Fsp3) is 0.500. The molecule has 0 amide bonds. The molecule has 4 nitrogen and oxygen atoms in total. The molecule has 0 spiro atoms. The van der Waals surface area contributed by atoms with Crippen LogP contribution in [-0.4, -0.2) is 39.8 Å². The molecule has 5 heteroatoms. The van der Waals surface area contributed by atoms with E-state index in [2.05, 4.69) is 15.6 Å². The first-order valence-corrected chi connectivity index (χ1v) is 6.44. The van der Waals surface area contributed by atoms with Gasteiger partial charge in [0, 0.05) is 33.9 Å². The van der Waals surface area contributed by atoms with Gasteiger partial charge in [0.2, 0.25) is 0 Å². The molecule has 2 N–H and O–H groups in total. The number of aliphatic imine (C=N–C) groups is 1. The number of hydrogen-bond donors (Lipinski definition) is 2. The Labute approximate surface area is 114 Å². The lowest BCUT2D eigenvalue weighted by Crippen LogP contribution is -2.39. The Morgan fingerprint density at radius 1 is 1.21 bits per heavy atom. The summed E-state index contributed by atoms with van der Waals surface area (Å²) < 4.78 is 17.7. The monoisotopic (exact) mass is 267 g/mol. The van der Waals surface area contributed by atoms with E-state index in [1.54, 1.807) is 26.3 Å². The molecule has 106 valence electrons. The van der Waals surface area contributed by atoms with E-state index in [4.69, 9.17) is 4.74 Å². The van der Waals surface area contributed by atoms with Crippen LogP contribution in [0.4, 0.5) is 4.39 Å². The Balaban J connectivity index is 2.20. The van der Waals surface area contributed by atoms with E-state index in [9.17, 15) is 4.39 Å². The minimum absolute atomic E-state index is 0.202. The highest BCUT2D eigenvalue weighted by Crippen LogP contribution is 2.02. The first kappa shape index (κ1) is 15.4. The second-order valence-corrected chi connectivity index (χ2v) is 4.15. The molecule has 0 aliphatic carbocycles. The summed E-state index contributed by atoms with van der Waals surface area (Å²) in [5.41, 5.74) is 1.10. The van der Waals surface area contributed by atoms with Crippen LogP contribution in [0, 0.1) is 5.82 Å². The van der Waals surface area contributed by atoms with Crippen LogP contribution in [0.1, 0.15) is 12.0 Å². The molecule has 0 saturated carbocycles. The largest absolute Gasteiger partial charge is 0.385 e. The normalized spacial score (nSPS) is 11.4. The molecule has 19 heavy (non-hydrogen) atoms. The first-order chi connectivity index (χ1) is 9.26. The number of methoxy groups -OCH3 is 1. The summed E-state index contributed by atoms with van der Waals surface area (Å²) in [6.45, 7) is 2.32. The minimum atomic E-state index is -0.202. The highest BCUT2D eigenvalue weighted by Gasteiger charge is 1.98. The second-order valence-electron chi connectivity index (χ2n) is 4.15. The SMILES string of the molecule is CN=C(NCCCOC)NCCc1ccc(F)cc1. The molecule has 0 unspecified atom stereocenters. The van der Waals surface area contributed by atoms with Crippen molar-refractivity contribution in [3.05, 3.63) is 35.6 Å². The molecular weight excluding hydrogens is 245 g/mol. The van der Waals surface area contributed by atoms with E-state index in [0.29, 0.717) is 0 Å². The van der Waals surface area contributed by atoms with Crippen LogP contribution in [0.25, 0.3) is 0 Å². The highest BCUT2D eigenvalue weighted by molar-refractivity contribution is 5.79. The molecule has 0 saturated heterocycles. The van der Waals surface area contributed by atoms with Gasteiger partial charge in [-0.2, -0.15) is 0 Å². The van der Waals surface area contributed by atoms with Gasteiger partial charge in [0.05, 0.1) is 0 Å². The van der Waals surface area contributed by atoms with Crippen LogP contribution in [0.5, 0.6) is 0 Å².